The van der Waals surface area contributed by atoms with E-state index in [2.05, 4.69) is 30.1 Å². The van der Waals surface area contributed by atoms with Gasteiger partial charge in [0.15, 0.2) is 5.12 Å². The minimum Gasteiger partial charge on any atom is -0.358 e. The maximum atomic E-state index is 10.8. The number of aromatic nitrogens is 1. The highest BCUT2D eigenvalue weighted by Gasteiger charge is 2.03. The first-order chi connectivity index (χ1) is 8.18. The fourth-order valence-electron chi connectivity index (χ4n) is 1.84. The summed E-state index contributed by atoms with van der Waals surface area (Å²) in [4.78, 5) is 14.2. The van der Waals surface area contributed by atoms with Crippen LogP contribution in [0.3, 0.4) is 0 Å². The Labute approximate surface area is 105 Å². The van der Waals surface area contributed by atoms with Crippen molar-refractivity contribution < 1.29 is 4.79 Å². The van der Waals surface area contributed by atoms with Crippen LogP contribution in [0, 0.1) is 6.92 Å². The van der Waals surface area contributed by atoms with E-state index in [1.807, 2.05) is 18.2 Å². The number of aromatic amines is 1. The van der Waals surface area contributed by atoms with E-state index in [-0.39, 0.29) is 5.12 Å². The Balaban J connectivity index is 2.23. The maximum absolute atomic E-state index is 10.8. The fraction of sp³-hybridized carbons (Fsp3) is 0.214. The average molecular weight is 245 g/mol. The molecule has 0 aliphatic carbocycles. The van der Waals surface area contributed by atoms with Gasteiger partial charge in [0.05, 0.1) is 0 Å². The minimum absolute atomic E-state index is 0.158. The van der Waals surface area contributed by atoms with Gasteiger partial charge in [-0.1, -0.05) is 42.1 Å². The van der Waals surface area contributed by atoms with Crippen LogP contribution in [0.1, 0.15) is 18.2 Å². The second-order valence-electron chi connectivity index (χ2n) is 3.91. The normalized spacial score (nSPS) is 11.4. The van der Waals surface area contributed by atoms with Gasteiger partial charge >= 0.3 is 0 Å². The number of hydrogen-bond acceptors (Lipinski definition) is 2. The Kier molecular flexibility index (Phi) is 3.69. The first-order valence-corrected chi connectivity index (χ1v) is 6.54. The molecule has 17 heavy (non-hydrogen) atoms. The Morgan fingerprint density at radius 2 is 2.18 bits per heavy atom. The molecular weight excluding hydrogens is 230 g/mol. The van der Waals surface area contributed by atoms with Gasteiger partial charge in [-0.05, 0) is 13.0 Å². The summed E-state index contributed by atoms with van der Waals surface area (Å²) in [6.45, 7) is 3.66. The van der Waals surface area contributed by atoms with Crippen LogP contribution in [0.15, 0.2) is 30.3 Å². The van der Waals surface area contributed by atoms with Crippen molar-refractivity contribution in [3.05, 3.63) is 41.6 Å². The highest BCUT2D eigenvalue weighted by molar-refractivity contribution is 8.13. The number of nitrogens with one attached hydrogen (secondary N) is 1. The number of carbonyl (C=O) groups excluding carboxylic acids is 1. The summed E-state index contributed by atoms with van der Waals surface area (Å²) in [5.41, 5.74) is 3.53. The zero-order valence-corrected chi connectivity index (χ0v) is 10.8. The number of H-pyrrole nitrogens is 1. The summed E-state index contributed by atoms with van der Waals surface area (Å²) < 4.78 is 0. The van der Waals surface area contributed by atoms with Crippen LogP contribution < -0.4 is 0 Å². The van der Waals surface area contributed by atoms with Crippen molar-refractivity contribution in [3.8, 4) is 0 Å². The molecule has 0 aliphatic heterocycles. The Morgan fingerprint density at radius 3 is 2.94 bits per heavy atom. The first kappa shape index (κ1) is 12.0. The Bertz CT molecular complexity index is 569. The minimum atomic E-state index is 0.158. The predicted molar refractivity (Wildman–Crippen MR) is 75.2 cm³/mol. The molecule has 1 aromatic heterocycles. The molecule has 0 aliphatic rings. The van der Waals surface area contributed by atoms with Gasteiger partial charge in [-0.15, -0.1) is 0 Å². The Morgan fingerprint density at radius 1 is 1.41 bits per heavy atom. The molecule has 0 spiro atoms. The number of aryl methyl sites for hydroxylation is 1. The SMILES string of the molecule is CC(=O)SCC=Cc1c(C)[nH]c2ccccc12. The molecule has 2 aromatic rings. The van der Waals surface area contributed by atoms with E-state index in [9.17, 15) is 4.79 Å². The molecule has 0 bridgehead atoms. The van der Waals surface area contributed by atoms with Gasteiger partial charge in [0.1, 0.15) is 0 Å². The molecule has 1 aromatic carbocycles. The van der Waals surface area contributed by atoms with E-state index in [4.69, 9.17) is 0 Å². The number of rotatable bonds is 3. The monoisotopic (exact) mass is 245 g/mol. The Hall–Kier alpha value is -1.48. The summed E-state index contributed by atoms with van der Waals surface area (Å²) >= 11 is 1.33. The van der Waals surface area contributed by atoms with E-state index in [0.717, 1.165) is 17.0 Å². The third-order valence-corrected chi connectivity index (χ3v) is 3.38. The average Bonchev–Trinajstić information content (AvgIpc) is 2.60. The summed E-state index contributed by atoms with van der Waals surface area (Å²) in [6, 6.07) is 8.25. The first-order valence-electron chi connectivity index (χ1n) is 5.55. The van der Waals surface area contributed by atoms with Crippen LogP contribution >= 0.6 is 11.8 Å². The molecule has 0 radical (unpaired) electrons. The van der Waals surface area contributed by atoms with E-state index in [0.29, 0.717) is 0 Å². The molecule has 2 nitrogen and oxygen atoms in total. The molecule has 0 saturated carbocycles. The lowest BCUT2D eigenvalue weighted by atomic mass is 10.1. The zero-order valence-electron chi connectivity index (χ0n) is 9.99. The van der Waals surface area contributed by atoms with Crippen LogP contribution in [0.4, 0.5) is 0 Å². The molecule has 88 valence electrons. The van der Waals surface area contributed by atoms with Crippen LogP contribution in [0.2, 0.25) is 0 Å². The van der Waals surface area contributed by atoms with Gasteiger partial charge in [0, 0.05) is 34.8 Å². The van der Waals surface area contributed by atoms with Crippen molar-refractivity contribution in [2.24, 2.45) is 0 Å². The summed E-state index contributed by atoms with van der Waals surface area (Å²) in [5.74, 6) is 0.730. The third kappa shape index (κ3) is 2.80. The van der Waals surface area contributed by atoms with Gasteiger partial charge in [-0.2, -0.15) is 0 Å². The smallest absolute Gasteiger partial charge is 0.186 e. The van der Waals surface area contributed by atoms with Crippen molar-refractivity contribution in [1.29, 1.82) is 0 Å². The van der Waals surface area contributed by atoms with Crippen molar-refractivity contribution in [2.75, 3.05) is 5.75 Å². The number of para-hydroxylation sites is 1. The second kappa shape index (κ2) is 5.23. The molecule has 0 saturated heterocycles. The molecular formula is C14H15NOS. The zero-order chi connectivity index (χ0) is 12.3. The molecule has 1 heterocycles. The van der Waals surface area contributed by atoms with Gasteiger partial charge in [-0.3, -0.25) is 4.79 Å². The van der Waals surface area contributed by atoms with E-state index in [1.54, 1.807) is 6.92 Å². The lowest BCUT2D eigenvalue weighted by Gasteiger charge is -1.93. The van der Waals surface area contributed by atoms with E-state index < -0.39 is 0 Å². The summed E-state index contributed by atoms with van der Waals surface area (Å²) in [7, 11) is 0. The van der Waals surface area contributed by atoms with E-state index in [1.165, 1.54) is 22.7 Å². The van der Waals surface area contributed by atoms with Crippen LogP contribution in [0.5, 0.6) is 0 Å². The van der Waals surface area contributed by atoms with Crippen LogP contribution in [0.25, 0.3) is 17.0 Å². The predicted octanol–water partition coefficient (Wildman–Crippen LogP) is 3.77. The van der Waals surface area contributed by atoms with E-state index >= 15 is 0 Å². The molecule has 0 amide bonds. The number of carbonyl (C=O) groups is 1. The van der Waals surface area contributed by atoms with Gasteiger partial charge in [0.2, 0.25) is 0 Å². The van der Waals surface area contributed by atoms with Crippen molar-refractivity contribution in [3.63, 3.8) is 0 Å². The number of benzene rings is 1. The number of thioether (sulfide) groups is 1. The second-order valence-corrected chi connectivity index (χ2v) is 5.11. The lowest BCUT2D eigenvalue weighted by molar-refractivity contribution is -0.109. The van der Waals surface area contributed by atoms with Crippen molar-refractivity contribution in [2.45, 2.75) is 13.8 Å². The topological polar surface area (TPSA) is 32.9 Å². The molecule has 0 atom stereocenters. The highest BCUT2D eigenvalue weighted by atomic mass is 32.2. The number of fused-ring (bicyclic) bond motifs is 1. The summed E-state index contributed by atoms with van der Waals surface area (Å²) in [6.07, 6.45) is 4.12. The molecule has 2 rings (SSSR count). The van der Waals surface area contributed by atoms with Crippen molar-refractivity contribution in [1.82, 2.24) is 4.98 Å². The quantitative estimate of drug-likeness (QED) is 0.892. The highest BCUT2D eigenvalue weighted by Crippen LogP contribution is 2.23. The van der Waals surface area contributed by atoms with Gasteiger partial charge < -0.3 is 4.98 Å². The molecule has 0 fully saturated rings. The lowest BCUT2D eigenvalue weighted by Crippen LogP contribution is -1.82. The fourth-order valence-corrected chi connectivity index (χ4v) is 2.27. The standard InChI is InChI=1S/C14H15NOS/c1-10-12(7-5-9-17-11(2)16)13-6-3-4-8-14(13)15-10/h3-8,15H,9H2,1-2H3. The largest absolute Gasteiger partial charge is 0.358 e. The van der Waals surface area contributed by atoms with Gasteiger partial charge in [0.25, 0.3) is 0 Å². The molecule has 0 unspecified atom stereocenters. The summed E-state index contributed by atoms with van der Waals surface area (Å²) in [5, 5.41) is 1.39. The van der Waals surface area contributed by atoms with Crippen molar-refractivity contribution >= 4 is 33.9 Å². The van der Waals surface area contributed by atoms with Crippen LogP contribution in [-0.4, -0.2) is 15.9 Å². The number of hydrogen-bond donors (Lipinski definition) is 1. The van der Waals surface area contributed by atoms with Gasteiger partial charge in [-0.25, -0.2) is 0 Å². The third-order valence-electron chi connectivity index (χ3n) is 2.61. The molecule has 3 heteroatoms. The van der Waals surface area contributed by atoms with Crippen LogP contribution in [-0.2, 0) is 4.79 Å². The molecule has 1 N–H and O–H groups in total. The maximum Gasteiger partial charge on any atom is 0.186 e.